The summed E-state index contributed by atoms with van der Waals surface area (Å²) in [6.07, 6.45) is 0. The lowest BCUT2D eigenvalue weighted by Crippen LogP contribution is -2.34. The number of halogens is 1. The lowest BCUT2D eigenvalue weighted by molar-refractivity contribution is -0.142. The highest BCUT2D eigenvalue weighted by molar-refractivity contribution is 9.10. The van der Waals surface area contributed by atoms with E-state index < -0.39 is 11.8 Å². The van der Waals surface area contributed by atoms with Crippen LogP contribution in [0, 0.1) is 6.92 Å². The summed E-state index contributed by atoms with van der Waals surface area (Å²) in [4.78, 5) is 26.8. The van der Waals surface area contributed by atoms with Gasteiger partial charge in [0.15, 0.2) is 0 Å². The number of carbonyl (C=O) groups excluding carboxylic acids is 2. The highest BCUT2D eigenvalue weighted by Crippen LogP contribution is 2.20. The van der Waals surface area contributed by atoms with Gasteiger partial charge in [-0.15, -0.1) is 0 Å². The second-order valence-electron chi connectivity index (χ2n) is 3.05. The van der Waals surface area contributed by atoms with Gasteiger partial charge in [-0.25, -0.2) is 5.48 Å². The van der Waals surface area contributed by atoms with E-state index in [2.05, 4.69) is 26.1 Å². The third-order valence-corrected chi connectivity index (χ3v) is 2.34. The molecule has 5 nitrogen and oxygen atoms in total. The molecule has 0 atom stereocenters. The molecule has 6 heteroatoms. The first-order valence-electron chi connectivity index (χ1n) is 4.45. The van der Waals surface area contributed by atoms with Crippen molar-refractivity contribution in [2.75, 3.05) is 12.4 Å². The number of amides is 2. The Balaban J connectivity index is 2.76. The van der Waals surface area contributed by atoms with Crippen LogP contribution in [0.15, 0.2) is 22.7 Å². The molecule has 0 radical (unpaired) electrons. The summed E-state index contributed by atoms with van der Waals surface area (Å²) in [5.41, 5.74) is 3.37. The molecule has 1 rings (SSSR count). The molecule has 2 N–H and O–H groups in total. The quantitative estimate of drug-likeness (QED) is 0.637. The third kappa shape index (κ3) is 3.32. The van der Waals surface area contributed by atoms with Crippen LogP contribution in [-0.4, -0.2) is 18.9 Å². The zero-order valence-corrected chi connectivity index (χ0v) is 10.4. The van der Waals surface area contributed by atoms with Gasteiger partial charge in [0.1, 0.15) is 0 Å². The number of aryl methyl sites for hydroxylation is 1. The molecule has 0 saturated heterocycles. The van der Waals surface area contributed by atoms with Crippen LogP contribution in [0.3, 0.4) is 0 Å². The molecule has 1 aromatic rings. The normalized spacial score (nSPS) is 9.69. The number of hydroxylamine groups is 1. The summed E-state index contributed by atoms with van der Waals surface area (Å²) in [6.45, 7) is 1.83. The first-order chi connectivity index (χ1) is 7.54. The largest absolute Gasteiger partial charge is 0.333 e. The molecule has 0 bridgehead atoms. The van der Waals surface area contributed by atoms with Crippen molar-refractivity contribution in [1.82, 2.24) is 5.48 Å². The standard InChI is InChI=1S/C10H11BrN2O3/c1-6-3-4-7(11)5-8(6)12-9(14)10(15)13-16-2/h3-5H,1-2H3,(H,12,14)(H,13,15). The lowest BCUT2D eigenvalue weighted by Gasteiger charge is -2.08. The molecule has 0 saturated carbocycles. The predicted octanol–water partition coefficient (Wildman–Crippen LogP) is 1.37. The van der Waals surface area contributed by atoms with Crippen molar-refractivity contribution in [3.63, 3.8) is 0 Å². The third-order valence-electron chi connectivity index (χ3n) is 1.85. The molecule has 0 aromatic heterocycles. The zero-order chi connectivity index (χ0) is 12.1. The Bertz CT molecular complexity index is 421. The number of rotatable bonds is 2. The van der Waals surface area contributed by atoms with Gasteiger partial charge >= 0.3 is 11.8 Å². The van der Waals surface area contributed by atoms with Crippen molar-refractivity contribution in [3.8, 4) is 0 Å². The maximum absolute atomic E-state index is 11.3. The van der Waals surface area contributed by atoms with Gasteiger partial charge in [0.05, 0.1) is 7.11 Å². The number of benzene rings is 1. The Morgan fingerprint density at radius 2 is 2.00 bits per heavy atom. The molecule has 2 amide bonds. The van der Waals surface area contributed by atoms with Crippen LogP contribution in [0.5, 0.6) is 0 Å². The summed E-state index contributed by atoms with van der Waals surface area (Å²) in [5, 5.41) is 2.47. The van der Waals surface area contributed by atoms with Crippen LogP contribution in [0.2, 0.25) is 0 Å². The Labute approximate surface area is 101 Å². The fraction of sp³-hybridized carbons (Fsp3) is 0.200. The van der Waals surface area contributed by atoms with Gasteiger partial charge in [-0.05, 0) is 24.6 Å². The fourth-order valence-electron chi connectivity index (χ4n) is 1.05. The molecule has 0 unspecified atom stereocenters. The van der Waals surface area contributed by atoms with Gasteiger partial charge in [-0.1, -0.05) is 22.0 Å². The summed E-state index contributed by atoms with van der Waals surface area (Å²) in [5.74, 6) is -1.62. The summed E-state index contributed by atoms with van der Waals surface area (Å²) in [7, 11) is 1.26. The van der Waals surface area contributed by atoms with E-state index in [9.17, 15) is 9.59 Å². The lowest BCUT2D eigenvalue weighted by atomic mass is 10.2. The molecule has 1 aromatic carbocycles. The van der Waals surface area contributed by atoms with E-state index in [-0.39, 0.29) is 0 Å². The molecule has 0 heterocycles. The first-order valence-corrected chi connectivity index (χ1v) is 5.24. The number of hydrogen-bond acceptors (Lipinski definition) is 3. The second kappa shape index (κ2) is 5.62. The van der Waals surface area contributed by atoms with E-state index in [1.165, 1.54) is 7.11 Å². The summed E-state index contributed by atoms with van der Waals surface area (Å²) < 4.78 is 0.820. The zero-order valence-electron chi connectivity index (χ0n) is 8.83. The Kier molecular flexibility index (Phi) is 4.45. The predicted molar refractivity (Wildman–Crippen MR) is 62.7 cm³/mol. The van der Waals surface area contributed by atoms with Gasteiger partial charge in [0.25, 0.3) is 0 Å². The molecule has 0 aliphatic rings. The molecular weight excluding hydrogens is 276 g/mol. The van der Waals surface area contributed by atoms with Crippen LogP contribution in [0.4, 0.5) is 5.69 Å². The van der Waals surface area contributed by atoms with Gasteiger partial charge < -0.3 is 5.32 Å². The minimum absolute atomic E-state index is 0.575. The van der Waals surface area contributed by atoms with Crippen molar-refractivity contribution < 1.29 is 14.4 Å². The van der Waals surface area contributed by atoms with Gasteiger partial charge in [-0.2, -0.15) is 0 Å². The van der Waals surface area contributed by atoms with Crippen molar-refractivity contribution in [2.24, 2.45) is 0 Å². The van der Waals surface area contributed by atoms with Gasteiger partial charge in [0.2, 0.25) is 0 Å². The van der Waals surface area contributed by atoms with E-state index >= 15 is 0 Å². The van der Waals surface area contributed by atoms with Crippen LogP contribution < -0.4 is 10.8 Å². The van der Waals surface area contributed by atoms with Crippen molar-refractivity contribution >= 4 is 33.4 Å². The molecule has 0 aliphatic carbocycles. The van der Waals surface area contributed by atoms with E-state index in [1.807, 2.05) is 24.5 Å². The highest BCUT2D eigenvalue weighted by atomic mass is 79.9. The second-order valence-corrected chi connectivity index (χ2v) is 3.96. The number of anilines is 1. The minimum Gasteiger partial charge on any atom is -0.317 e. The Morgan fingerprint density at radius 3 is 2.62 bits per heavy atom. The molecule has 0 aliphatic heterocycles. The molecule has 0 fully saturated rings. The van der Waals surface area contributed by atoms with E-state index in [1.54, 1.807) is 6.07 Å². The molecule has 86 valence electrons. The molecule has 0 spiro atoms. The van der Waals surface area contributed by atoms with Crippen molar-refractivity contribution in [1.29, 1.82) is 0 Å². The van der Waals surface area contributed by atoms with E-state index in [0.717, 1.165) is 10.0 Å². The fourth-order valence-corrected chi connectivity index (χ4v) is 1.41. The van der Waals surface area contributed by atoms with E-state index in [0.29, 0.717) is 5.69 Å². The van der Waals surface area contributed by atoms with Crippen molar-refractivity contribution in [2.45, 2.75) is 6.92 Å². The number of hydrogen-bond donors (Lipinski definition) is 2. The van der Waals surface area contributed by atoms with Crippen LogP contribution in [0.25, 0.3) is 0 Å². The van der Waals surface area contributed by atoms with Crippen LogP contribution in [-0.2, 0) is 14.4 Å². The SMILES string of the molecule is CONC(=O)C(=O)Nc1cc(Br)ccc1C. The van der Waals surface area contributed by atoms with Crippen molar-refractivity contribution in [3.05, 3.63) is 28.2 Å². The highest BCUT2D eigenvalue weighted by Gasteiger charge is 2.14. The maximum atomic E-state index is 11.3. The summed E-state index contributed by atoms with van der Waals surface area (Å²) >= 11 is 3.28. The summed E-state index contributed by atoms with van der Waals surface area (Å²) in [6, 6.07) is 5.39. The van der Waals surface area contributed by atoms with Gasteiger partial charge in [-0.3, -0.25) is 14.4 Å². The minimum atomic E-state index is -0.845. The molecular formula is C10H11BrN2O3. The first kappa shape index (κ1) is 12.7. The number of nitrogens with one attached hydrogen (secondary N) is 2. The Morgan fingerprint density at radius 1 is 1.31 bits per heavy atom. The average Bonchev–Trinajstić information content (AvgIpc) is 2.23. The average molecular weight is 287 g/mol. The topological polar surface area (TPSA) is 67.4 Å². The van der Waals surface area contributed by atoms with Crippen LogP contribution >= 0.6 is 15.9 Å². The Hall–Kier alpha value is -1.40. The maximum Gasteiger partial charge on any atom is 0.333 e. The van der Waals surface area contributed by atoms with Crippen LogP contribution in [0.1, 0.15) is 5.56 Å². The molecule has 16 heavy (non-hydrogen) atoms. The van der Waals surface area contributed by atoms with Gasteiger partial charge in [0, 0.05) is 10.2 Å². The monoisotopic (exact) mass is 286 g/mol. The number of carbonyl (C=O) groups is 2. The smallest absolute Gasteiger partial charge is 0.317 e. The van der Waals surface area contributed by atoms with E-state index in [4.69, 9.17) is 0 Å².